The van der Waals surface area contributed by atoms with Crippen LogP contribution in [-0.2, 0) is 7.05 Å². The SMILES string of the molecule is C[n+]1ccccc1.I.N. The molecule has 2 nitrogen and oxygen atoms in total. The molecular weight excluding hydrogens is 227 g/mol. The van der Waals surface area contributed by atoms with E-state index < -0.39 is 0 Å². The standard InChI is InChI=1S/C6H8N.HI.H3N/c1-7-5-3-2-4-6-7;;/h2-6H,1H3;1H;1H3/q+1;;. The number of rotatable bonds is 0. The number of hydrogen-bond acceptors (Lipinski definition) is 1. The Morgan fingerprint density at radius 2 is 1.44 bits per heavy atom. The molecule has 52 valence electrons. The second-order valence-electron chi connectivity index (χ2n) is 1.54. The Morgan fingerprint density at radius 3 is 1.67 bits per heavy atom. The maximum Gasteiger partial charge on any atom is 0.168 e. The Morgan fingerprint density at radius 1 is 1.00 bits per heavy atom. The summed E-state index contributed by atoms with van der Waals surface area (Å²) in [6.07, 6.45) is 4.00. The van der Waals surface area contributed by atoms with E-state index in [1.54, 1.807) is 0 Å². The minimum absolute atomic E-state index is 0. The molecule has 0 fully saturated rings. The van der Waals surface area contributed by atoms with Crippen LogP contribution in [0, 0.1) is 0 Å². The normalized spacial score (nSPS) is 6.78. The molecule has 0 radical (unpaired) electrons. The van der Waals surface area contributed by atoms with Gasteiger partial charge in [0.15, 0.2) is 12.4 Å². The fraction of sp³-hybridized carbons (Fsp3) is 0.167. The van der Waals surface area contributed by atoms with Crippen molar-refractivity contribution in [1.82, 2.24) is 6.15 Å². The highest BCUT2D eigenvalue weighted by atomic mass is 127. The largest absolute Gasteiger partial charge is 0.344 e. The van der Waals surface area contributed by atoms with Crippen LogP contribution in [-0.4, -0.2) is 0 Å². The van der Waals surface area contributed by atoms with Crippen LogP contribution in [0.1, 0.15) is 0 Å². The molecule has 0 amide bonds. The van der Waals surface area contributed by atoms with Crippen LogP contribution in [0.25, 0.3) is 0 Å². The van der Waals surface area contributed by atoms with Crippen molar-refractivity contribution in [2.75, 3.05) is 0 Å². The summed E-state index contributed by atoms with van der Waals surface area (Å²) in [6.45, 7) is 0. The summed E-state index contributed by atoms with van der Waals surface area (Å²) in [7, 11) is 2.00. The van der Waals surface area contributed by atoms with Gasteiger partial charge in [0.2, 0.25) is 0 Å². The molecule has 1 heterocycles. The zero-order valence-electron chi connectivity index (χ0n) is 5.45. The highest BCUT2D eigenvalue weighted by Gasteiger charge is 1.78. The third kappa shape index (κ3) is 4.35. The lowest BCUT2D eigenvalue weighted by Gasteiger charge is -1.77. The molecule has 0 aliphatic rings. The van der Waals surface area contributed by atoms with Crippen LogP contribution < -0.4 is 10.7 Å². The van der Waals surface area contributed by atoms with E-state index in [1.807, 2.05) is 42.2 Å². The first-order valence-corrected chi connectivity index (χ1v) is 2.30. The molecule has 0 unspecified atom stereocenters. The van der Waals surface area contributed by atoms with Gasteiger partial charge in [-0.05, 0) is 0 Å². The molecule has 1 rings (SSSR count). The predicted octanol–water partition coefficient (Wildman–Crippen LogP) is 1.29. The molecule has 0 spiro atoms. The van der Waals surface area contributed by atoms with Crippen molar-refractivity contribution in [2.24, 2.45) is 7.05 Å². The first-order chi connectivity index (χ1) is 3.39. The van der Waals surface area contributed by atoms with Gasteiger partial charge in [0.1, 0.15) is 7.05 Å². The fourth-order valence-electron chi connectivity index (χ4n) is 0.485. The van der Waals surface area contributed by atoms with Crippen LogP contribution >= 0.6 is 24.0 Å². The Kier molecular flexibility index (Phi) is 7.70. The highest BCUT2D eigenvalue weighted by Crippen LogP contribution is 1.71. The Balaban J connectivity index is 0. The van der Waals surface area contributed by atoms with E-state index in [0.717, 1.165) is 0 Å². The monoisotopic (exact) mass is 239 g/mol. The van der Waals surface area contributed by atoms with Gasteiger partial charge in [0, 0.05) is 12.1 Å². The van der Waals surface area contributed by atoms with E-state index in [-0.39, 0.29) is 30.1 Å². The third-order valence-electron chi connectivity index (χ3n) is 0.865. The van der Waals surface area contributed by atoms with Crippen molar-refractivity contribution in [3.05, 3.63) is 30.6 Å². The van der Waals surface area contributed by atoms with Crippen LogP contribution in [0.15, 0.2) is 30.6 Å². The zero-order valence-corrected chi connectivity index (χ0v) is 7.78. The minimum Gasteiger partial charge on any atom is -0.344 e. The summed E-state index contributed by atoms with van der Waals surface area (Å²) in [5.41, 5.74) is 0. The summed E-state index contributed by atoms with van der Waals surface area (Å²) in [4.78, 5) is 0. The average Bonchev–Trinajstić information content (AvgIpc) is 1.69. The first-order valence-electron chi connectivity index (χ1n) is 2.30. The van der Waals surface area contributed by atoms with Crippen molar-refractivity contribution < 1.29 is 4.57 Å². The quantitative estimate of drug-likeness (QED) is 0.537. The Labute approximate surface area is 72.5 Å². The fourth-order valence-corrected chi connectivity index (χ4v) is 0.485. The van der Waals surface area contributed by atoms with Gasteiger partial charge in [0.25, 0.3) is 0 Å². The van der Waals surface area contributed by atoms with Gasteiger partial charge in [-0.1, -0.05) is 6.07 Å². The summed E-state index contributed by atoms with van der Waals surface area (Å²) in [6, 6.07) is 6.00. The smallest absolute Gasteiger partial charge is 0.168 e. The number of nitrogens with zero attached hydrogens (tertiary/aromatic N) is 1. The lowest BCUT2D eigenvalue weighted by Crippen LogP contribution is -2.25. The van der Waals surface area contributed by atoms with Crippen molar-refractivity contribution in [2.45, 2.75) is 0 Å². The predicted molar refractivity (Wildman–Crippen MR) is 48.1 cm³/mol. The minimum atomic E-state index is 0. The first kappa shape index (κ1) is 11.6. The van der Waals surface area contributed by atoms with E-state index in [2.05, 4.69) is 0 Å². The van der Waals surface area contributed by atoms with E-state index in [1.165, 1.54) is 0 Å². The van der Waals surface area contributed by atoms with E-state index in [9.17, 15) is 0 Å². The van der Waals surface area contributed by atoms with Crippen LogP contribution in [0.3, 0.4) is 0 Å². The topological polar surface area (TPSA) is 38.9 Å². The van der Waals surface area contributed by atoms with Gasteiger partial charge in [0.05, 0.1) is 0 Å². The van der Waals surface area contributed by atoms with Gasteiger partial charge in [-0.2, -0.15) is 0 Å². The molecule has 1 aromatic rings. The van der Waals surface area contributed by atoms with Crippen molar-refractivity contribution in [3.8, 4) is 0 Å². The van der Waals surface area contributed by atoms with Gasteiger partial charge in [-0.15, -0.1) is 24.0 Å². The maximum atomic E-state index is 2.00. The second-order valence-corrected chi connectivity index (χ2v) is 1.54. The molecule has 3 N–H and O–H groups in total. The number of hydrogen-bond donors (Lipinski definition) is 1. The molecule has 0 bridgehead atoms. The lowest BCUT2D eigenvalue weighted by atomic mass is 10.5. The summed E-state index contributed by atoms with van der Waals surface area (Å²) >= 11 is 0. The summed E-state index contributed by atoms with van der Waals surface area (Å²) in [5.74, 6) is 0. The molecule has 0 saturated heterocycles. The van der Waals surface area contributed by atoms with Crippen molar-refractivity contribution >= 4 is 24.0 Å². The van der Waals surface area contributed by atoms with Gasteiger partial charge >= 0.3 is 0 Å². The van der Waals surface area contributed by atoms with E-state index in [0.29, 0.717) is 0 Å². The maximum absolute atomic E-state index is 2.00. The zero-order chi connectivity index (χ0) is 5.11. The summed E-state index contributed by atoms with van der Waals surface area (Å²) in [5, 5.41) is 0. The van der Waals surface area contributed by atoms with Crippen LogP contribution in [0.4, 0.5) is 0 Å². The molecule has 0 aliphatic carbocycles. The average molecular weight is 239 g/mol. The lowest BCUT2D eigenvalue weighted by molar-refractivity contribution is -0.671. The summed E-state index contributed by atoms with van der Waals surface area (Å²) < 4.78 is 2.00. The Hall–Kier alpha value is -0.160. The molecule has 0 saturated carbocycles. The van der Waals surface area contributed by atoms with Gasteiger partial charge < -0.3 is 6.15 Å². The molecule has 0 aliphatic heterocycles. The van der Waals surface area contributed by atoms with Crippen LogP contribution in [0.2, 0.25) is 0 Å². The molecule has 1 aromatic heterocycles. The van der Waals surface area contributed by atoms with Crippen molar-refractivity contribution in [1.29, 1.82) is 0 Å². The number of aromatic nitrogens is 1. The number of halogens is 1. The second kappa shape index (κ2) is 5.97. The molecular formula is C6H12IN2+. The molecule has 0 atom stereocenters. The van der Waals surface area contributed by atoms with Crippen molar-refractivity contribution in [3.63, 3.8) is 0 Å². The van der Waals surface area contributed by atoms with Gasteiger partial charge in [-0.25, -0.2) is 4.57 Å². The van der Waals surface area contributed by atoms with Crippen LogP contribution in [0.5, 0.6) is 0 Å². The molecule has 0 aromatic carbocycles. The van der Waals surface area contributed by atoms with Gasteiger partial charge in [-0.3, -0.25) is 0 Å². The highest BCUT2D eigenvalue weighted by molar-refractivity contribution is 14.0. The Bertz CT molecular complexity index is 141. The molecule has 3 heteroatoms. The van der Waals surface area contributed by atoms with E-state index in [4.69, 9.17) is 0 Å². The number of aryl methyl sites for hydroxylation is 1. The number of pyridine rings is 1. The molecule has 9 heavy (non-hydrogen) atoms. The van der Waals surface area contributed by atoms with E-state index >= 15 is 0 Å². The third-order valence-corrected chi connectivity index (χ3v) is 0.865.